The van der Waals surface area contributed by atoms with Gasteiger partial charge in [0.25, 0.3) is 0 Å². The van der Waals surface area contributed by atoms with E-state index in [4.69, 9.17) is 10.9 Å². The van der Waals surface area contributed by atoms with Crippen LogP contribution in [0.1, 0.15) is 30.4 Å². The van der Waals surface area contributed by atoms with Gasteiger partial charge in [0.05, 0.1) is 5.69 Å². The maximum absolute atomic E-state index is 8.95. The molecule has 4 nitrogen and oxygen atoms in total. The molecule has 1 saturated heterocycles. The summed E-state index contributed by atoms with van der Waals surface area (Å²) < 4.78 is 0. The Bertz CT molecular complexity index is 500. The summed E-state index contributed by atoms with van der Waals surface area (Å²) >= 11 is 0. The second kappa shape index (κ2) is 4.76. The molecule has 1 saturated carbocycles. The van der Waals surface area contributed by atoms with Crippen molar-refractivity contribution in [1.82, 2.24) is 0 Å². The van der Waals surface area contributed by atoms with Crippen molar-refractivity contribution in [3.63, 3.8) is 0 Å². The van der Waals surface area contributed by atoms with Gasteiger partial charge in [-0.15, -0.1) is 0 Å². The van der Waals surface area contributed by atoms with Crippen molar-refractivity contribution < 1.29 is 5.21 Å². The highest BCUT2D eigenvalue weighted by atomic mass is 16.4. The van der Waals surface area contributed by atoms with Gasteiger partial charge < -0.3 is 15.8 Å². The van der Waals surface area contributed by atoms with E-state index >= 15 is 0 Å². The number of hydrogen-bond acceptors (Lipinski definition) is 3. The number of aryl methyl sites for hydroxylation is 1. The molecule has 1 aliphatic heterocycles. The van der Waals surface area contributed by atoms with Crippen molar-refractivity contribution in [2.24, 2.45) is 22.7 Å². The predicted molar refractivity (Wildman–Crippen MR) is 76.7 cm³/mol. The van der Waals surface area contributed by atoms with Crippen molar-refractivity contribution in [1.29, 1.82) is 0 Å². The van der Waals surface area contributed by atoms with Crippen LogP contribution in [0.2, 0.25) is 0 Å². The van der Waals surface area contributed by atoms with E-state index in [2.05, 4.69) is 23.0 Å². The van der Waals surface area contributed by atoms with Crippen LogP contribution in [-0.4, -0.2) is 24.1 Å². The third kappa shape index (κ3) is 2.05. The van der Waals surface area contributed by atoms with Crippen LogP contribution in [0.25, 0.3) is 0 Å². The van der Waals surface area contributed by atoms with Gasteiger partial charge in [0.1, 0.15) is 0 Å². The maximum Gasteiger partial charge on any atom is 0.172 e. The summed E-state index contributed by atoms with van der Waals surface area (Å²) in [6.45, 7) is 4.32. The molecule has 0 amide bonds. The molecule has 2 atom stereocenters. The van der Waals surface area contributed by atoms with Gasteiger partial charge in [0.2, 0.25) is 0 Å². The summed E-state index contributed by atoms with van der Waals surface area (Å²) in [5.41, 5.74) is 9.01. The minimum absolute atomic E-state index is 0.204. The molecule has 3 rings (SSSR count). The van der Waals surface area contributed by atoms with E-state index in [0.717, 1.165) is 36.2 Å². The van der Waals surface area contributed by atoms with Gasteiger partial charge >= 0.3 is 0 Å². The van der Waals surface area contributed by atoms with Crippen molar-refractivity contribution in [2.75, 3.05) is 18.0 Å². The molecule has 2 aliphatic rings. The lowest BCUT2D eigenvalue weighted by Gasteiger charge is -2.24. The number of nitrogens with zero attached hydrogens (tertiary/aromatic N) is 2. The zero-order valence-corrected chi connectivity index (χ0v) is 11.3. The van der Waals surface area contributed by atoms with Gasteiger partial charge in [-0.25, -0.2) is 0 Å². The Hall–Kier alpha value is -1.71. The van der Waals surface area contributed by atoms with Gasteiger partial charge in [-0.3, -0.25) is 0 Å². The summed E-state index contributed by atoms with van der Waals surface area (Å²) in [7, 11) is 0. The molecular formula is C15H21N3O. The topological polar surface area (TPSA) is 61.9 Å². The first-order valence-electron chi connectivity index (χ1n) is 7.03. The Morgan fingerprint density at radius 1 is 1.32 bits per heavy atom. The molecule has 2 unspecified atom stereocenters. The summed E-state index contributed by atoms with van der Waals surface area (Å²) in [5, 5.41) is 12.1. The number of fused-ring (bicyclic) bond motifs is 1. The summed E-state index contributed by atoms with van der Waals surface area (Å²) in [6, 6.07) is 5.99. The van der Waals surface area contributed by atoms with Crippen molar-refractivity contribution >= 4 is 11.5 Å². The van der Waals surface area contributed by atoms with E-state index in [1.807, 2.05) is 12.1 Å². The highest BCUT2D eigenvalue weighted by Gasteiger charge is 2.37. The zero-order valence-electron chi connectivity index (χ0n) is 11.3. The van der Waals surface area contributed by atoms with Crippen molar-refractivity contribution in [3.05, 3.63) is 29.3 Å². The van der Waals surface area contributed by atoms with Gasteiger partial charge in [-0.1, -0.05) is 23.7 Å². The highest BCUT2D eigenvalue weighted by Crippen LogP contribution is 2.41. The Balaban J connectivity index is 1.96. The number of rotatable bonds is 2. The van der Waals surface area contributed by atoms with Gasteiger partial charge in [-0.05, 0) is 43.2 Å². The van der Waals surface area contributed by atoms with E-state index in [1.54, 1.807) is 0 Å². The van der Waals surface area contributed by atoms with Crippen molar-refractivity contribution in [3.8, 4) is 0 Å². The number of anilines is 1. The van der Waals surface area contributed by atoms with Crippen LogP contribution in [0, 0.1) is 18.8 Å². The number of nitrogens with two attached hydrogens (primary N) is 1. The lowest BCUT2D eigenvalue weighted by atomic mass is 10.0. The molecule has 0 radical (unpaired) electrons. The predicted octanol–water partition coefficient (Wildman–Crippen LogP) is 2.33. The number of oxime groups is 1. The average molecular weight is 259 g/mol. The number of hydrogen-bond donors (Lipinski definition) is 2. The van der Waals surface area contributed by atoms with Crippen LogP contribution >= 0.6 is 0 Å². The fourth-order valence-electron chi connectivity index (χ4n) is 3.76. The first-order valence-corrected chi connectivity index (χ1v) is 7.03. The van der Waals surface area contributed by atoms with E-state index in [-0.39, 0.29) is 5.84 Å². The van der Waals surface area contributed by atoms with E-state index in [0.29, 0.717) is 0 Å². The molecule has 2 fully saturated rings. The summed E-state index contributed by atoms with van der Waals surface area (Å²) in [4.78, 5) is 2.43. The third-order valence-electron chi connectivity index (χ3n) is 4.66. The smallest absolute Gasteiger partial charge is 0.172 e. The molecule has 0 bridgehead atoms. The summed E-state index contributed by atoms with van der Waals surface area (Å²) in [6.07, 6.45) is 4.09. The monoisotopic (exact) mass is 259 g/mol. The molecular weight excluding hydrogens is 238 g/mol. The SMILES string of the molecule is Cc1cccc(/C(N)=N/O)c1N1CC2CCCC2C1. The second-order valence-corrected chi connectivity index (χ2v) is 5.81. The largest absolute Gasteiger partial charge is 0.409 e. The van der Waals surface area contributed by atoms with Crippen LogP contribution in [0.15, 0.2) is 23.4 Å². The summed E-state index contributed by atoms with van der Waals surface area (Å²) in [5.74, 6) is 1.87. The maximum atomic E-state index is 8.95. The van der Waals surface area contributed by atoms with Crippen LogP contribution in [0.3, 0.4) is 0 Å². The molecule has 0 aromatic heterocycles. The number of para-hydroxylation sites is 1. The van der Waals surface area contributed by atoms with Crippen LogP contribution in [0.5, 0.6) is 0 Å². The third-order valence-corrected chi connectivity index (χ3v) is 4.66. The molecule has 102 valence electrons. The van der Waals surface area contributed by atoms with Gasteiger partial charge in [-0.2, -0.15) is 0 Å². The molecule has 1 heterocycles. The molecule has 1 aromatic rings. The lowest BCUT2D eigenvalue weighted by molar-refractivity contribution is 0.318. The average Bonchev–Trinajstić information content (AvgIpc) is 2.98. The molecule has 4 heteroatoms. The molecule has 1 aliphatic carbocycles. The Kier molecular flexibility index (Phi) is 3.09. The quantitative estimate of drug-likeness (QED) is 0.371. The first kappa shape index (κ1) is 12.3. The number of amidine groups is 1. The van der Waals surface area contributed by atoms with Crippen molar-refractivity contribution in [2.45, 2.75) is 26.2 Å². The normalized spacial score (nSPS) is 26.8. The zero-order chi connectivity index (χ0) is 13.4. The molecule has 3 N–H and O–H groups in total. The van der Waals surface area contributed by atoms with Crippen LogP contribution in [-0.2, 0) is 0 Å². The molecule has 0 spiro atoms. The fourth-order valence-corrected chi connectivity index (χ4v) is 3.76. The molecule has 1 aromatic carbocycles. The highest BCUT2D eigenvalue weighted by molar-refractivity contribution is 6.02. The molecule has 19 heavy (non-hydrogen) atoms. The van der Waals surface area contributed by atoms with E-state index < -0.39 is 0 Å². The van der Waals surface area contributed by atoms with E-state index in [1.165, 1.54) is 24.8 Å². The van der Waals surface area contributed by atoms with Gasteiger partial charge in [0.15, 0.2) is 5.84 Å². The minimum atomic E-state index is 0.204. The number of benzene rings is 1. The van der Waals surface area contributed by atoms with Gasteiger partial charge in [0, 0.05) is 18.7 Å². The lowest BCUT2D eigenvalue weighted by Crippen LogP contribution is -2.26. The standard InChI is InChI=1S/C15H21N3O/c1-10-4-2-7-13(15(16)17-19)14(10)18-8-11-5-3-6-12(11)9-18/h2,4,7,11-12,19H,3,5-6,8-9H2,1H3,(H2,16,17). The Morgan fingerprint density at radius 3 is 2.63 bits per heavy atom. The first-order chi connectivity index (χ1) is 9.20. The Labute approximate surface area is 113 Å². The second-order valence-electron chi connectivity index (χ2n) is 5.81. The minimum Gasteiger partial charge on any atom is -0.409 e. The van der Waals surface area contributed by atoms with E-state index in [9.17, 15) is 0 Å². The van der Waals surface area contributed by atoms with Crippen LogP contribution in [0.4, 0.5) is 5.69 Å². The van der Waals surface area contributed by atoms with Crippen LogP contribution < -0.4 is 10.6 Å². The Morgan fingerprint density at radius 2 is 2.00 bits per heavy atom. The fraction of sp³-hybridized carbons (Fsp3) is 0.533.